The summed E-state index contributed by atoms with van der Waals surface area (Å²) in [7, 11) is -4.21. The highest BCUT2D eigenvalue weighted by atomic mass is 35.5. The van der Waals surface area contributed by atoms with E-state index in [1.165, 1.54) is 6.07 Å². The maximum Gasteiger partial charge on any atom is 0.419 e. The van der Waals surface area contributed by atoms with Crippen molar-refractivity contribution in [2.45, 2.75) is 11.1 Å². The molecule has 2 rings (SSSR count). The lowest BCUT2D eigenvalue weighted by atomic mass is 10.2. The number of anilines is 1. The summed E-state index contributed by atoms with van der Waals surface area (Å²) in [5.41, 5.74) is -2.02. The molecule has 0 spiro atoms. The van der Waals surface area contributed by atoms with Gasteiger partial charge in [-0.2, -0.15) is 13.2 Å². The summed E-state index contributed by atoms with van der Waals surface area (Å²) in [6.45, 7) is 0. The van der Waals surface area contributed by atoms with Gasteiger partial charge < -0.3 is 0 Å². The van der Waals surface area contributed by atoms with Crippen LogP contribution in [0.2, 0.25) is 10.0 Å². The monoisotopic (exact) mass is 387 g/mol. The molecule has 0 unspecified atom stereocenters. The first kappa shape index (κ1) is 17.8. The molecule has 0 radical (unpaired) electrons. The van der Waals surface area contributed by atoms with Gasteiger partial charge in [0.15, 0.2) is 0 Å². The molecule has 124 valence electrons. The van der Waals surface area contributed by atoms with E-state index in [4.69, 9.17) is 23.2 Å². The Morgan fingerprint density at radius 1 is 0.957 bits per heavy atom. The first-order chi connectivity index (χ1) is 10.5. The van der Waals surface area contributed by atoms with Gasteiger partial charge in [0, 0.05) is 5.69 Å². The van der Waals surface area contributed by atoms with E-state index in [2.05, 4.69) is 0 Å². The number of benzene rings is 2. The molecule has 0 aliphatic rings. The van der Waals surface area contributed by atoms with Crippen molar-refractivity contribution >= 4 is 38.9 Å². The van der Waals surface area contributed by atoms with E-state index >= 15 is 0 Å². The van der Waals surface area contributed by atoms with Gasteiger partial charge in [0.25, 0.3) is 10.0 Å². The van der Waals surface area contributed by atoms with Crippen LogP contribution >= 0.6 is 23.2 Å². The lowest BCUT2D eigenvalue weighted by molar-refractivity contribution is -0.139. The summed E-state index contributed by atoms with van der Waals surface area (Å²) in [5, 5.41) is 0.0800. The van der Waals surface area contributed by atoms with E-state index in [1.807, 2.05) is 4.72 Å². The molecule has 2 aromatic rings. The lowest BCUT2D eigenvalue weighted by Crippen LogP contribution is -2.15. The van der Waals surface area contributed by atoms with Crippen molar-refractivity contribution in [1.82, 2.24) is 0 Å². The fraction of sp³-hybridized carbons (Fsp3) is 0.0769. The Labute approximate surface area is 138 Å². The van der Waals surface area contributed by atoms with Crippen LogP contribution in [0.4, 0.5) is 23.2 Å². The molecule has 0 fully saturated rings. The Morgan fingerprint density at radius 2 is 1.61 bits per heavy atom. The van der Waals surface area contributed by atoms with Crippen molar-refractivity contribution < 1.29 is 26.0 Å². The minimum atomic E-state index is -4.95. The van der Waals surface area contributed by atoms with E-state index < -0.39 is 33.3 Å². The summed E-state index contributed by atoms with van der Waals surface area (Å²) < 4.78 is 77.3. The molecule has 0 aromatic heterocycles. The summed E-state index contributed by atoms with van der Waals surface area (Å²) in [4.78, 5) is -0.301. The van der Waals surface area contributed by atoms with Gasteiger partial charge in [-0.1, -0.05) is 23.2 Å². The average molecular weight is 388 g/mol. The summed E-state index contributed by atoms with van der Waals surface area (Å²) >= 11 is 11.4. The number of halogens is 6. The van der Waals surface area contributed by atoms with Crippen LogP contribution in [0, 0.1) is 5.82 Å². The molecule has 0 atom stereocenters. The lowest BCUT2D eigenvalue weighted by Gasteiger charge is -2.12. The second-order valence-electron chi connectivity index (χ2n) is 4.37. The van der Waals surface area contributed by atoms with E-state index in [0.29, 0.717) is 12.1 Å². The molecule has 0 aliphatic heterocycles. The van der Waals surface area contributed by atoms with Crippen LogP contribution in [0.1, 0.15) is 5.56 Å². The molecular formula is C13H7Cl2F4NO2S. The first-order valence-corrected chi connectivity index (χ1v) is 8.09. The molecule has 0 bridgehead atoms. The van der Waals surface area contributed by atoms with Gasteiger partial charge in [0.05, 0.1) is 20.5 Å². The molecule has 2 aromatic carbocycles. The number of sulfonamides is 1. The highest BCUT2D eigenvalue weighted by molar-refractivity contribution is 7.92. The van der Waals surface area contributed by atoms with E-state index in [0.717, 1.165) is 18.2 Å². The number of alkyl halides is 3. The molecule has 1 N–H and O–H groups in total. The second-order valence-corrected chi connectivity index (χ2v) is 6.87. The van der Waals surface area contributed by atoms with E-state index in [-0.39, 0.29) is 14.9 Å². The van der Waals surface area contributed by atoms with Crippen LogP contribution in [0.15, 0.2) is 41.3 Å². The van der Waals surface area contributed by atoms with Gasteiger partial charge in [0.2, 0.25) is 0 Å². The van der Waals surface area contributed by atoms with Crippen molar-refractivity contribution in [1.29, 1.82) is 0 Å². The maximum absolute atomic E-state index is 13.2. The van der Waals surface area contributed by atoms with Gasteiger partial charge >= 0.3 is 6.18 Å². The third-order valence-electron chi connectivity index (χ3n) is 2.73. The highest BCUT2D eigenvalue weighted by Crippen LogP contribution is 2.33. The fourth-order valence-electron chi connectivity index (χ4n) is 1.66. The Balaban J connectivity index is 2.39. The Morgan fingerprint density at radius 3 is 2.17 bits per heavy atom. The number of rotatable bonds is 3. The van der Waals surface area contributed by atoms with Gasteiger partial charge in [-0.05, 0) is 36.4 Å². The summed E-state index contributed by atoms with van der Waals surface area (Å²) in [6.07, 6.45) is -4.95. The third-order valence-corrected chi connectivity index (χ3v) is 4.84. The van der Waals surface area contributed by atoms with E-state index in [9.17, 15) is 26.0 Å². The van der Waals surface area contributed by atoms with Gasteiger partial charge in [-0.15, -0.1) is 0 Å². The number of hydrogen-bond donors (Lipinski definition) is 1. The number of hydrogen-bond acceptors (Lipinski definition) is 2. The molecule has 3 nitrogen and oxygen atoms in total. The average Bonchev–Trinajstić information content (AvgIpc) is 2.42. The first-order valence-electron chi connectivity index (χ1n) is 5.85. The molecular weight excluding hydrogens is 381 g/mol. The SMILES string of the molecule is O=S(=O)(Nc1ccc(F)c(C(F)(F)F)c1)c1ccc(Cl)c(Cl)c1. The zero-order chi connectivity index (χ0) is 17.4. The predicted molar refractivity (Wildman–Crippen MR) is 78.7 cm³/mol. The molecule has 0 saturated heterocycles. The van der Waals surface area contributed by atoms with Crippen LogP contribution in [0.5, 0.6) is 0 Å². The molecule has 23 heavy (non-hydrogen) atoms. The Bertz CT molecular complexity index is 854. The van der Waals surface area contributed by atoms with Crippen molar-refractivity contribution in [2.24, 2.45) is 0 Å². The highest BCUT2D eigenvalue weighted by Gasteiger charge is 2.34. The van der Waals surface area contributed by atoms with Gasteiger partial charge in [-0.25, -0.2) is 12.8 Å². The molecule has 0 aliphatic carbocycles. The minimum absolute atomic E-state index is 0.0374. The summed E-state index contributed by atoms with van der Waals surface area (Å²) in [5.74, 6) is -1.50. The standard InChI is InChI=1S/C13H7Cl2F4NO2S/c14-10-3-2-8(6-11(10)15)23(21,22)20-7-1-4-12(16)9(5-7)13(17,18)19/h1-6,20H. The third kappa shape index (κ3) is 4.07. The molecule has 0 amide bonds. The van der Waals surface area contributed by atoms with Crippen molar-refractivity contribution in [2.75, 3.05) is 4.72 Å². The second kappa shape index (κ2) is 6.18. The maximum atomic E-state index is 13.2. The predicted octanol–water partition coefficient (Wildman–Crippen LogP) is 4.95. The normalized spacial score (nSPS) is 12.3. The van der Waals surface area contributed by atoms with Gasteiger partial charge in [-0.3, -0.25) is 4.72 Å². The van der Waals surface area contributed by atoms with Crippen LogP contribution in [0.3, 0.4) is 0 Å². The van der Waals surface area contributed by atoms with Crippen LogP contribution in [0.25, 0.3) is 0 Å². The van der Waals surface area contributed by atoms with Gasteiger partial charge in [0.1, 0.15) is 5.82 Å². The molecule has 10 heteroatoms. The zero-order valence-electron chi connectivity index (χ0n) is 11.0. The Hall–Kier alpha value is -1.51. The minimum Gasteiger partial charge on any atom is -0.280 e. The molecule has 0 saturated carbocycles. The fourth-order valence-corrected chi connectivity index (χ4v) is 3.10. The Kier molecular flexibility index (Phi) is 4.79. The van der Waals surface area contributed by atoms with Crippen molar-refractivity contribution in [3.63, 3.8) is 0 Å². The van der Waals surface area contributed by atoms with Crippen LogP contribution < -0.4 is 4.72 Å². The molecule has 0 heterocycles. The van der Waals surface area contributed by atoms with Crippen molar-refractivity contribution in [3.8, 4) is 0 Å². The van der Waals surface area contributed by atoms with E-state index in [1.54, 1.807) is 0 Å². The summed E-state index contributed by atoms with van der Waals surface area (Å²) in [6, 6.07) is 5.16. The van der Waals surface area contributed by atoms with Crippen LogP contribution in [-0.4, -0.2) is 8.42 Å². The topological polar surface area (TPSA) is 46.2 Å². The number of nitrogens with one attached hydrogen (secondary N) is 1. The van der Waals surface area contributed by atoms with Crippen LogP contribution in [-0.2, 0) is 16.2 Å². The zero-order valence-corrected chi connectivity index (χ0v) is 13.3. The van der Waals surface area contributed by atoms with Crippen molar-refractivity contribution in [3.05, 3.63) is 57.8 Å². The smallest absolute Gasteiger partial charge is 0.280 e. The largest absolute Gasteiger partial charge is 0.419 e. The quantitative estimate of drug-likeness (QED) is 0.757.